The topological polar surface area (TPSA) is 75.4 Å². The summed E-state index contributed by atoms with van der Waals surface area (Å²) in [6.07, 6.45) is 3.34. The highest BCUT2D eigenvalue weighted by atomic mass is 79.9. The van der Waals surface area contributed by atoms with Gasteiger partial charge in [0.25, 0.3) is 0 Å². The maximum atomic E-state index is 12.5. The first-order chi connectivity index (χ1) is 9.81. The van der Waals surface area contributed by atoms with Gasteiger partial charge in [0.1, 0.15) is 4.90 Å². The molecule has 1 fully saturated rings. The van der Waals surface area contributed by atoms with E-state index in [9.17, 15) is 8.42 Å². The Kier molecular flexibility index (Phi) is 5.70. The van der Waals surface area contributed by atoms with Crippen LogP contribution in [0.1, 0.15) is 19.3 Å². The third-order valence-corrected chi connectivity index (χ3v) is 7.02. The normalized spacial score (nSPS) is 20.6. The standard InChI is InChI=1S/C13H19Br2N3O2S/c1-18-5-3-2-4-10(18)8-17-21(19,20)13-11(14)6-9(16)7-12(13)15/h6-7,10,17H,2-5,8,16H2,1H3. The number of hydrogen-bond donors (Lipinski definition) is 2. The van der Waals surface area contributed by atoms with Crippen LogP contribution in [0.25, 0.3) is 0 Å². The molecule has 21 heavy (non-hydrogen) atoms. The van der Waals surface area contributed by atoms with Crippen LogP contribution in [0.5, 0.6) is 0 Å². The third kappa shape index (κ3) is 4.19. The maximum Gasteiger partial charge on any atom is 0.242 e. The van der Waals surface area contributed by atoms with Gasteiger partial charge in [-0.05, 0) is 70.4 Å². The molecule has 0 aromatic heterocycles. The van der Waals surface area contributed by atoms with Gasteiger partial charge in [-0.15, -0.1) is 0 Å². The Labute approximate surface area is 142 Å². The second-order valence-electron chi connectivity index (χ2n) is 5.30. The molecule has 0 saturated carbocycles. The van der Waals surface area contributed by atoms with E-state index in [4.69, 9.17) is 5.73 Å². The molecule has 3 N–H and O–H groups in total. The smallest absolute Gasteiger partial charge is 0.242 e. The molecule has 0 amide bonds. The summed E-state index contributed by atoms with van der Waals surface area (Å²) < 4.78 is 28.6. The molecule has 1 unspecified atom stereocenters. The van der Waals surface area contributed by atoms with Crippen LogP contribution in [0.15, 0.2) is 26.0 Å². The van der Waals surface area contributed by atoms with Gasteiger partial charge in [0.2, 0.25) is 10.0 Å². The number of rotatable bonds is 4. The molecule has 5 nitrogen and oxygen atoms in total. The van der Waals surface area contributed by atoms with Gasteiger partial charge in [-0.2, -0.15) is 0 Å². The fourth-order valence-electron chi connectivity index (χ4n) is 2.52. The number of halogens is 2. The molecule has 0 radical (unpaired) electrons. The molecular weight excluding hydrogens is 422 g/mol. The number of likely N-dealkylation sites (tertiary alicyclic amines) is 1. The minimum absolute atomic E-state index is 0.190. The summed E-state index contributed by atoms with van der Waals surface area (Å²) in [5.41, 5.74) is 6.20. The van der Waals surface area contributed by atoms with Crippen molar-refractivity contribution in [2.45, 2.75) is 30.2 Å². The number of likely N-dealkylation sites (N-methyl/N-ethyl adjacent to an activating group) is 1. The van der Waals surface area contributed by atoms with Crippen LogP contribution in [0.3, 0.4) is 0 Å². The first-order valence-electron chi connectivity index (χ1n) is 6.75. The Morgan fingerprint density at radius 1 is 1.33 bits per heavy atom. The molecule has 1 aromatic rings. The van der Waals surface area contributed by atoms with E-state index in [1.165, 1.54) is 6.42 Å². The van der Waals surface area contributed by atoms with Crippen molar-refractivity contribution < 1.29 is 8.42 Å². The fourth-order valence-corrected chi connectivity index (χ4v) is 6.20. The number of sulfonamides is 1. The summed E-state index contributed by atoms with van der Waals surface area (Å²) in [7, 11) is -1.55. The number of nitrogen functional groups attached to an aromatic ring is 1. The number of piperidine rings is 1. The fraction of sp³-hybridized carbons (Fsp3) is 0.538. The van der Waals surface area contributed by atoms with Crippen molar-refractivity contribution in [3.8, 4) is 0 Å². The van der Waals surface area contributed by atoms with Gasteiger partial charge in [0, 0.05) is 27.2 Å². The van der Waals surface area contributed by atoms with E-state index in [2.05, 4.69) is 41.5 Å². The van der Waals surface area contributed by atoms with E-state index in [1.54, 1.807) is 12.1 Å². The predicted octanol–water partition coefficient (Wildman–Crippen LogP) is 2.56. The molecule has 0 bridgehead atoms. The predicted molar refractivity (Wildman–Crippen MR) is 91.7 cm³/mol. The minimum atomic E-state index is -3.59. The van der Waals surface area contributed by atoms with E-state index in [0.29, 0.717) is 21.2 Å². The average Bonchev–Trinajstić information content (AvgIpc) is 2.36. The van der Waals surface area contributed by atoms with Crippen molar-refractivity contribution in [2.75, 3.05) is 25.9 Å². The van der Waals surface area contributed by atoms with Gasteiger partial charge in [-0.1, -0.05) is 6.42 Å². The van der Waals surface area contributed by atoms with Crippen LogP contribution in [-0.2, 0) is 10.0 Å². The molecule has 1 atom stereocenters. The molecule has 1 heterocycles. The Bertz CT molecular complexity index is 599. The molecular formula is C13H19Br2N3O2S. The van der Waals surface area contributed by atoms with Gasteiger partial charge in [0.15, 0.2) is 0 Å². The zero-order valence-corrected chi connectivity index (χ0v) is 15.8. The molecule has 118 valence electrons. The van der Waals surface area contributed by atoms with Crippen molar-refractivity contribution in [3.63, 3.8) is 0 Å². The molecule has 2 rings (SSSR count). The minimum Gasteiger partial charge on any atom is -0.399 e. The number of nitrogens with two attached hydrogens (primary N) is 1. The molecule has 1 aromatic carbocycles. The summed E-state index contributed by atoms with van der Waals surface area (Å²) in [5.74, 6) is 0. The largest absolute Gasteiger partial charge is 0.399 e. The van der Waals surface area contributed by atoms with E-state index in [-0.39, 0.29) is 10.9 Å². The van der Waals surface area contributed by atoms with Crippen molar-refractivity contribution in [1.29, 1.82) is 0 Å². The van der Waals surface area contributed by atoms with Crippen LogP contribution < -0.4 is 10.5 Å². The Morgan fingerprint density at radius 3 is 2.52 bits per heavy atom. The highest BCUT2D eigenvalue weighted by Crippen LogP contribution is 2.32. The van der Waals surface area contributed by atoms with Gasteiger partial charge in [-0.3, -0.25) is 0 Å². The lowest BCUT2D eigenvalue weighted by atomic mass is 10.0. The second-order valence-corrected chi connectivity index (χ2v) is 8.71. The van der Waals surface area contributed by atoms with Gasteiger partial charge < -0.3 is 10.6 Å². The van der Waals surface area contributed by atoms with Gasteiger partial charge in [-0.25, -0.2) is 13.1 Å². The van der Waals surface area contributed by atoms with E-state index in [1.807, 2.05) is 7.05 Å². The number of benzene rings is 1. The molecule has 0 aliphatic carbocycles. The van der Waals surface area contributed by atoms with Crippen LogP contribution in [-0.4, -0.2) is 39.5 Å². The van der Waals surface area contributed by atoms with E-state index < -0.39 is 10.0 Å². The third-order valence-electron chi connectivity index (χ3n) is 3.72. The monoisotopic (exact) mass is 439 g/mol. The quantitative estimate of drug-likeness (QED) is 0.705. The number of anilines is 1. The van der Waals surface area contributed by atoms with E-state index >= 15 is 0 Å². The lowest BCUT2D eigenvalue weighted by Crippen LogP contribution is -2.44. The molecule has 1 saturated heterocycles. The van der Waals surface area contributed by atoms with Crippen LogP contribution in [0, 0.1) is 0 Å². The Morgan fingerprint density at radius 2 is 1.95 bits per heavy atom. The summed E-state index contributed by atoms with van der Waals surface area (Å²) in [4.78, 5) is 2.40. The first-order valence-corrected chi connectivity index (χ1v) is 9.82. The zero-order chi connectivity index (χ0) is 15.6. The molecule has 8 heteroatoms. The van der Waals surface area contributed by atoms with Crippen molar-refractivity contribution in [2.24, 2.45) is 0 Å². The number of nitrogens with one attached hydrogen (secondary N) is 1. The van der Waals surface area contributed by atoms with E-state index in [0.717, 1.165) is 19.4 Å². The van der Waals surface area contributed by atoms with Crippen molar-refractivity contribution in [3.05, 3.63) is 21.1 Å². The summed E-state index contributed by atoms with van der Waals surface area (Å²) in [6, 6.07) is 3.43. The van der Waals surface area contributed by atoms with Crippen molar-refractivity contribution >= 4 is 47.6 Å². The summed E-state index contributed by atoms with van der Waals surface area (Å²) in [5, 5.41) is 0. The zero-order valence-electron chi connectivity index (χ0n) is 11.8. The molecule has 1 aliphatic heterocycles. The Balaban J connectivity index is 2.15. The van der Waals surface area contributed by atoms with Gasteiger partial charge >= 0.3 is 0 Å². The lowest BCUT2D eigenvalue weighted by Gasteiger charge is -2.32. The number of nitrogens with zero attached hydrogens (tertiary/aromatic N) is 1. The molecule has 0 spiro atoms. The highest BCUT2D eigenvalue weighted by Gasteiger charge is 2.25. The Hall–Kier alpha value is -0.150. The summed E-state index contributed by atoms with van der Waals surface area (Å²) in [6.45, 7) is 1.43. The first kappa shape index (κ1) is 17.2. The van der Waals surface area contributed by atoms with Gasteiger partial charge in [0.05, 0.1) is 0 Å². The highest BCUT2D eigenvalue weighted by molar-refractivity contribution is 9.11. The van der Waals surface area contributed by atoms with Crippen LogP contribution in [0.4, 0.5) is 5.69 Å². The average molecular weight is 441 g/mol. The van der Waals surface area contributed by atoms with Crippen molar-refractivity contribution in [1.82, 2.24) is 9.62 Å². The lowest BCUT2D eigenvalue weighted by molar-refractivity contribution is 0.187. The maximum absolute atomic E-state index is 12.5. The number of hydrogen-bond acceptors (Lipinski definition) is 4. The SMILES string of the molecule is CN1CCCCC1CNS(=O)(=O)c1c(Br)cc(N)cc1Br. The summed E-state index contributed by atoms with van der Waals surface area (Å²) >= 11 is 6.54. The second kappa shape index (κ2) is 6.95. The van der Waals surface area contributed by atoms with Crippen LogP contribution >= 0.6 is 31.9 Å². The molecule has 1 aliphatic rings. The van der Waals surface area contributed by atoms with Crippen LogP contribution in [0.2, 0.25) is 0 Å².